The summed E-state index contributed by atoms with van der Waals surface area (Å²) in [4.78, 5) is 4.68. The summed E-state index contributed by atoms with van der Waals surface area (Å²) in [7, 11) is 6.54. The van der Waals surface area contributed by atoms with Crippen LogP contribution in [-0.4, -0.2) is 38.5 Å². The first-order chi connectivity index (χ1) is 16.8. The molecule has 2 radical (unpaired) electrons. The Bertz CT molecular complexity index is 1420. The molecule has 0 bridgehead atoms. The normalized spacial score (nSPS) is 18.8. The molecule has 3 rings (SSSR count). The Morgan fingerprint density at radius 1 is 1.22 bits per heavy atom. The quantitative estimate of drug-likeness (QED) is 0.322. The van der Waals surface area contributed by atoms with E-state index in [1.165, 1.54) is 0 Å². The van der Waals surface area contributed by atoms with Crippen molar-refractivity contribution in [3.63, 3.8) is 0 Å². The SMILES string of the molecule is [B]c1cccc(P)c1S(=O)(=O)Nc1cccc(C2=NS(C(C)(C)C)=NC2C(/C=C\C)=NC(=C)C)c1P. The monoisotopic (exact) mass is 556 g/mol. The Kier molecular flexibility index (Phi) is 8.93. The highest BCUT2D eigenvalue weighted by molar-refractivity contribution is 7.93. The topological polar surface area (TPSA) is 83.2 Å². The van der Waals surface area contributed by atoms with E-state index in [1.807, 2.05) is 32.1 Å². The number of hydrogen-bond donors (Lipinski definition) is 1. The summed E-state index contributed by atoms with van der Waals surface area (Å²) < 4.78 is 39.2. The van der Waals surface area contributed by atoms with Crippen LogP contribution in [0.25, 0.3) is 0 Å². The minimum atomic E-state index is -3.94. The van der Waals surface area contributed by atoms with Crippen molar-refractivity contribution in [2.75, 3.05) is 4.72 Å². The third-order valence-corrected chi connectivity index (χ3v) is 9.79. The Morgan fingerprint density at radius 3 is 2.47 bits per heavy atom. The molecule has 4 atom stereocenters. The lowest BCUT2D eigenvalue weighted by molar-refractivity contribution is 0.602. The van der Waals surface area contributed by atoms with Crippen LogP contribution in [0.15, 0.2) is 79.5 Å². The molecule has 188 valence electrons. The van der Waals surface area contributed by atoms with E-state index in [9.17, 15) is 8.42 Å². The van der Waals surface area contributed by atoms with Crippen molar-refractivity contribution in [1.29, 1.82) is 0 Å². The fourth-order valence-electron chi connectivity index (χ4n) is 3.54. The molecule has 6 nitrogen and oxygen atoms in total. The second-order valence-electron chi connectivity index (χ2n) is 9.27. The number of nitrogens with one attached hydrogen (secondary N) is 1. The lowest BCUT2D eigenvalue weighted by atomic mass is 9.97. The maximum absolute atomic E-state index is 13.3. The second-order valence-corrected chi connectivity index (χ2v) is 14.2. The molecule has 2 aromatic rings. The number of nitrogens with zero attached hydrogens (tertiary/aromatic N) is 3. The third-order valence-electron chi connectivity index (χ3n) is 5.11. The number of sulfonamides is 1. The van der Waals surface area contributed by atoms with Gasteiger partial charge in [0.2, 0.25) is 0 Å². The fraction of sp³-hybridized carbons (Fsp3) is 0.280. The molecule has 1 aliphatic rings. The Labute approximate surface area is 223 Å². The van der Waals surface area contributed by atoms with Gasteiger partial charge in [0.1, 0.15) is 13.9 Å². The average molecular weight is 556 g/mol. The summed E-state index contributed by atoms with van der Waals surface area (Å²) in [6.45, 7) is 14.0. The zero-order valence-electron chi connectivity index (χ0n) is 21.1. The van der Waals surface area contributed by atoms with E-state index < -0.39 is 26.9 Å². The first-order valence-corrected chi connectivity index (χ1v) is 15.0. The molecule has 1 heterocycles. The van der Waals surface area contributed by atoms with Gasteiger partial charge in [0.05, 0.1) is 22.0 Å². The number of hydrogen-bond acceptors (Lipinski definition) is 5. The van der Waals surface area contributed by atoms with Gasteiger partial charge in [-0.1, -0.05) is 48.4 Å². The zero-order valence-corrected chi connectivity index (χ0v) is 25.1. The first kappa shape index (κ1) is 28.7. The standard InChI is InChI=1S/C25H31BN4O2P2S2/c1-7-10-18(27-15(2)3)22-21(28-35(29-22)25(4,5)6)16-11-8-13-19(23(16)34)30-36(31,32)24-17(26)12-9-14-20(24)33/h7-14,22,30H,2,33-34H2,1,3-6H3/b10-7-,27-18?. The number of allylic oxidation sites excluding steroid dienone is 2. The van der Waals surface area contributed by atoms with Gasteiger partial charge in [0.25, 0.3) is 10.0 Å². The molecule has 1 aliphatic heterocycles. The Morgan fingerprint density at radius 2 is 1.89 bits per heavy atom. The van der Waals surface area contributed by atoms with Gasteiger partial charge in [0.15, 0.2) is 0 Å². The van der Waals surface area contributed by atoms with Crippen molar-refractivity contribution in [2.45, 2.75) is 50.3 Å². The summed E-state index contributed by atoms with van der Waals surface area (Å²) >= 11 is 0. The number of aliphatic imine (C=N–C) groups is 1. The molecule has 36 heavy (non-hydrogen) atoms. The molecule has 2 aromatic carbocycles. The van der Waals surface area contributed by atoms with Gasteiger partial charge in [-0.2, -0.15) is 0 Å². The smallest absolute Gasteiger partial charge is 0.261 e. The maximum Gasteiger partial charge on any atom is 0.261 e. The van der Waals surface area contributed by atoms with E-state index in [0.29, 0.717) is 22.0 Å². The molecule has 1 N–H and O–H groups in total. The highest BCUT2D eigenvalue weighted by Crippen LogP contribution is 2.28. The molecule has 0 aromatic heterocycles. The summed E-state index contributed by atoms with van der Waals surface area (Å²) in [5.41, 5.74) is 3.52. The van der Waals surface area contributed by atoms with Crippen LogP contribution >= 0.6 is 18.5 Å². The minimum Gasteiger partial charge on any atom is -0.279 e. The van der Waals surface area contributed by atoms with Crippen LogP contribution in [0.3, 0.4) is 0 Å². The maximum atomic E-state index is 13.3. The predicted molar refractivity (Wildman–Crippen MR) is 165 cm³/mol. The van der Waals surface area contributed by atoms with Crippen molar-refractivity contribution in [1.82, 2.24) is 0 Å². The van der Waals surface area contributed by atoms with E-state index in [-0.39, 0.29) is 15.1 Å². The average Bonchev–Trinajstić information content (AvgIpc) is 3.20. The number of benzene rings is 2. The van der Waals surface area contributed by atoms with Gasteiger partial charge in [0, 0.05) is 32.2 Å². The highest BCUT2D eigenvalue weighted by Gasteiger charge is 2.33. The van der Waals surface area contributed by atoms with Crippen LogP contribution in [0.5, 0.6) is 0 Å². The van der Waals surface area contributed by atoms with E-state index in [4.69, 9.17) is 16.6 Å². The van der Waals surface area contributed by atoms with Gasteiger partial charge in [-0.05, 0) is 52.1 Å². The molecule has 0 spiro atoms. The molecule has 0 fully saturated rings. The highest BCUT2D eigenvalue weighted by atomic mass is 32.2. The lowest BCUT2D eigenvalue weighted by Crippen LogP contribution is -2.31. The molecule has 0 aliphatic carbocycles. The molecule has 0 saturated carbocycles. The van der Waals surface area contributed by atoms with Gasteiger partial charge < -0.3 is 0 Å². The predicted octanol–water partition coefficient (Wildman–Crippen LogP) is 3.52. The summed E-state index contributed by atoms with van der Waals surface area (Å²) in [6.07, 6.45) is 3.83. The van der Waals surface area contributed by atoms with Crippen molar-refractivity contribution in [3.05, 3.63) is 66.4 Å². The number of anilines is 1. The van der Waals surface area contributed by atoms with Gasteiger partial charge >= 0.3 is 0 Å². The van der Waals surface area contributed by atoms with Gasteiger partial charge in [-0.25, -0.2) is 17.2 Å². The van der Waals surface area contributed by atoms with E-state index in [2.05, 4.69) is 55.5 Å². The van der Waals surface area contributed by atoms with Crippen molar-refractivity contribution < 1.29 is 8.42 Å². The Balaban J connectivity index is 2.14. The van der Waals surface area contributed by atoms with Crippen LogP contribution in [0.4, 0.5) is 5.69 Å². The fourth-order valence-corrected chi connectivity index (χ4v) is 7.56. The second kappa shape index (κ2) is 11.2. The van der Waals surface area contributed by atoms with E-state index in [0.717, 1.165) is 17.0 Å². The summed E-state index contributed by atoms with van der Waals surface area (Å²) in [5, 5.41) is 1.15. The van der Waals surface area contributed by atoms with Crippen LogP contribution in [0, 0.1) is 0 Å². The molecular weight excluding hydrogens is 525 g/mol. The summed E-state index contributed by atoms with van der Waals surface area (Å²) in [5.74, 6) is 0. The molecule has 0 saturated heterocycles. The lowest BCUT2D eigenvalue weighted by Gasteiger charge is -2.18. The summed E-state index contributed by atoms with van der Waals surface area (Å²) in [6, 6.07) is 9.99. The van der Waals surface area contributed by atoms with E-state index in [1.54, 1.807) is 30.3 Å². The van der Waals surface area contributed by atoms with Crippen molar-refractivity contribution in [3.8, 4) is 0 Å². The third kappa shape index (κ3) is 6.31. The van der Waals surface area contributed by atoms with Gasteiger partial charge in [-0.15, -0.1) is 18.5 Å². The molecule has 11 heteroatoms. The van der Waals surface area contributed by atoms with Crippen molar-refractivity contribution >= 4 is 80.4 Å². The Hall–Kier alpha value is -1.92. The van der Waals surface area contributed by atoms with E-state index >= 15 is 0 Å². The minimum absolute atomic E-state index is 0.0362. The van der Waals surface area contributed by atoms with Crippen LogP contribution in [0.2, 0.25) is 0 Å². The number of rotatable bonds is 7. The molecular formula is C25H31BN4O2P2S2. The first-order valence-electron chi connectivity index (χ1n) is 11.2. The molecule has 0 amide bonds. The van der Waals surface area contributed by atoms with Crippen LogP contribution in [0.1, 0.15) is 40.2 Å². The zero-order chi connectivity index (χ0) is 26.8. The van der Waals surface area contributed by atoms with Crippen molar-refractivity contribution in [2.24, 2.45) is 13.8 Å². The van der Waals surface area contributed by atoms with Crippen LogP contribution in [-0.2, 0) is 20.9 Å². The molecule has 4 unspecified atom stereocenters. The largest absolute Gasteiger partial charge is 0.279 e. The van der Waals surface area contributed by atoms with Gasteiger partial charge in [-0.3, -0.25) is 9.71 Å². The van der Waals surface area contributed by atoms with Crippen LogP contribution < -0.4 is 20.8 Å².